The van der Waals surface area contributed by atoms with Crippen molar-refractivity contribution >= 4 is 5.91 Å². The van der Waals surface area contributed by atoms with E-state index >= 15 is 0 Å². The first-order chi connectivity index (χ1) is 11.5. The van der Waals surface area contributed by atoms with Gasteiger partial charge in [-0.1, -0.05) is 18.2 Å². The molecule has 3 rings (SSSR count). The van der Waals surface area contributed by atoms with Crippen molar-refractivity contribution in [3.63, 3.8) is 0 Å². The van der Waals surface area contributed by atoms with Crippen LogP contribution in [0.3, 0.4) is 0 Å². The van der Waals surface area contributed by atoms with Crippen LogP contribution < -0.4 is 0 Å². The number of carbonyl (C=O) groups is 1. The van der Waals surface area contributed by atoms with Gasteiger partial charge in [-0.3, -0.25) is 4.79 Å². The minimum atomic E-state index is -1.05. The van der Waals surface area contributed by atoms with E-state index in [2.05, 4.69) is 0 Å². The average Bonchev–Trinajstić information content (AvgIpc) is 2.54. The predicted molar refractivity (Wildman–Crippen MR) is 86.2 cm³/mol. The highest BCUT2D eigenvalue weighted by molar-refractivity contribution is 5.77. The fourth-order valence-electron chi connectivity index (χ4n) is 3.26. The molecule has 3 nitrogen and oxygen atoms in total. The van der Waals surface area contributed by atoms with Gasteiger partial charge in [0, 0.05) is 6.54 Å². The zero-order valence-electron chi connectivity index (χ0n) is 13.4. The van der Waals surface area contributed by atoms with Crippen LogP contribution in [-0.4, -0.2) is 22.5 Å². The molecule has 0 saturated heterocycles. The van der Waals surface area contributed by atoms with E-state index in [1.54, 1.807) is 17.0 Å². The first-order valence-corrected chi connectivity index (χ1v) is 7.97. The van der Waals surface area contributed by atoms with Crippen molar-refractivity contribution in [1.29, 1.82) is 0 Å². The van der Waals surface area contributed by atoms with E-state index in [4.69, 9.17) is 0 Å². The number of hydrogen-bond acceptors (Lipinski definition) is 2. The van der Waals surface area contributed by atoms with Crippen molar-refractivity contribution in [2.75, 3.05) is 6.54 Å². The van der Waals surface area contributed by atoms with Crippen molar-refractivity contribution < 1.29 is 18.7 Å². The summed E-state index contributed by atoms with van der Waals surface area (Å²) in [5.41, 5.74) is 2.23. The summed E-state index contributed by atoms with van der Waals surface area (Å²) < 4.78 is 26.6. The van der Waals surface area contributed by atoms with E-state index in [0.717, 1.165) is 11.1 Å². The summed E-state index contributed by atoms with van der Waals surface area (Å²) in [5.74, 6) is -0.919. The molecule has 0 radical (unpaired) electrons. The molecule has 2 aromatic rings. The smallest absolute Gasteiger partial charge is 0.226 e. The maximum absolute atomic E-state index is 13.3. The Bertz CT molecular complexity index is 763. The number of aliphatic hydroxyl groups is 1. The second-order valence-electron chi connectivity index (χ2n) is 6.13. The molecule has 0 fully saturated rings. The van der Waals surface area contributed by atoms with E-state index in [1.807, 2.05) is 6.92 Å². The van der Waals surface area contributed by atoms with Crippen LogP contribution in [0.25, 0.3) is 0 Å². The summed E-state index contributed by atoms with van der Waals surface area (Å²) in [6.45, 7) is 2.37. The van der Waals surface area contributed by atoms with Crippen LogP contribution in [0.15, 0.2) is 42.5 Å². The van der Waals surface area contributed by atoms with E-state index in [0.29, 0.717) is 18.5 Å². The molecule has 2 unspecified atom stereocenters. The van der Waals surface area contributed by atoms with Gasteiger partial charge in [0.05, 0.1) is 18.6 Å². The van der Waals surface area contributed by atoms with Gasteiger partial charge >= 0.3 is 0 Å². The van der Waals surface area contributed by atoms with Crippen LogP contribution in [0.2, 0.25) is 0 Å². The van der Waals surface area contributed by atoms with Gasteiger partial charge in [0.15, 0.2) is 0 Å². The molecular formula is C19H19F2NO2. The standard InChI is InChI=1S/C19H19F2NO2/c1-12-17-6-5-16(21)9-13(17)7-8-22(12)19(24)11-18(23)14-3-2-4-15(20)10-14/h2-6,9-10,12,18,23H,7-8,11H2,1H3. The van der Waals surface area contributed by atoms with Gasteiger partial charge in [0.25, 0.3) is 0 Å². The van der Waals surface area contributed by atoms with E-state index in [1.165, 1.54) is 30.3 Å². The van der Waals surface area contributed by atoms with Gasteiger partial charge in [-0.15, -0.1) is 0 Å². The summed E-state index contributed by atoms with van der Waals surface area (Å²) in [4.78, 5) is 14.2. The molecule has 2 atom stereocenters. The number of aliphatic hydroxyl groups excluding tert-OH is 1. The lowest BCUT2D eigenvalue weighted by molar-refractivity contribution is -0.135. The molecule has 1 amide bonds. The molecule has 1 N–H and O–H groups in total. The molecule has 1 heterocycles. The maximum atomic E-state index is 13.3. The second kappa shape index (κ2) is 6.69. The minimum Gasteiger partial charge on any atom is -0.388 e. The summed E-state index contributed by atoms with van der Waals surface area (Å²) in [5, 5.41) is 10.2. The molecule has 126 valence electrons. The molecule has 0 aromatic heterocycles. The van der Waals surface area contributed by atoms with Crippen molar-refractivity contribution in [1.82, 2.24) is 4.90 Å². The molecule has 1 aliphatic rings. The highest BCUT2D eigenvalue weighted by Gasteiger charge is 2.29. The number of fused-ring (bicyclic) bond motifs is 1. The fourth-order valence-corrected chi connectivity index (χ4v) is 3.26. The first kappa shape index (κ1) is 16.6. The van der Waals surface area contributed by atoms with Crippen molar-refractivity contribution in [2.24, 2.45) is 0 Å². The Kier molecular flexibility index (Phi) is 4.62. The zero-order chi connectivity index (χ0) is 17.3. The van der Waals surface area contributed by atoms with Crippen LogP contribution >= 0.6 is 0 Å². The van der Waals surface area contributed by atoms with E-state index in [-0.39, 0.29) is 24.2 Å². The molecule has 0 spiro atoms. The van der Waals surface area contributed by atoms with Crippen LogP contribution in [-0.2, 0) is 11.2 Å². The number of amides is 1. The quantitative estimate of drug-likeness (QED) is 0.935. The van der Waals surface area contributed by atoms with E-state index in [9.17, 15) is 18.7 Å². The molecule has 5 heteroatoms. The lowest BCUT2D eigenvalue weighted by atomic mass is 9.93. The van der Waals surface area contributed by atoms with Gasteiger partial charge in [-0.2, -0.15) is 0 Å². The average molecular weight is 331 g/mol. The Morgan fingerprint density at radius 3 is 2.75 bits per heavy atom. The van der Waals surface area contributed by atoms with Gasteiger partial charge in [-0.05, 0) is 54.3 Å². The number of benzene rings is 2. The lowest BCUT2D eigenvalue weighted by Gasteiger charge is -2.36. The summed E-state index contributed by atoms with van der Waals surface area (Å²) >= 11 is 0. The van der Waals surface area contributed by atoms with Gasteiger partial charge < -0.3 is 10.0 Å². The topological polar surface area (TPSA) is 40.5 Å². The van der Waals surface area contributed by atoms with Gasteiger partial charge in [-0.25, -0.2) is 8.78 Å². The summed E-state index contributed by atoms with van der Waals surface area (Å²) in [6, 6.07) is 10.1. The van der Waals surface area contributed by atoms with Gasteiger partial charge in [0.2, 0.25) is 5.91 Å². The molecule has 0 aliphatic carbocycles. The highest BCUT2D eigenvalue weighted by atomic mass is 19.1. The van der Waals surface area contributed by atoms with Crippen LogP contribution in [0, 0.1) is 11.6 Å². The number of hydrogen-bond donors (Lipinski definition) is 1. The Morgan fingerprint density at radius 1 is 1.25 bits per heavy atom. The normalized spacial score (nSPS) is 18.2. The van der Waals surface area contributed by atoms with E-state index < -0.39 is 11.9 Å². The number of nitrogens with zero attached hydrogens (tertiary/aromatic N) is 1. The van der Waals surface area contributed by atoms with Crippen molar-refractivity contribution in [3.8, 4) is 0 Å². The third kappa shape index (κ3) is 3.31. The highest BCUT2D eigenvalue weighted by Crippen LogP contribution is 2.31. The molecule has 0 saturated carbocycles. The molecule has 1 aliphatic heterocycles. The molecule has 2 aromatic carbocycles. The largest absolute Gasteiger partial charge is 0.388 e. The third-order valence-electron chi connectivity index (χ3n) is 4.57. The number of carbonyl (C=O) groups excluding carboxylic acids is 1. The molecule has 24 heavy (non-hydrogen) atoms. The third-order valence-corrected chi connectivity index (χ3v) is 4.57. The zero-order valence-corrected chi connectivity index (χ0v) is 13.4. The SMILES string of the molecule is CC1c2ccc(F)cc2CCN1C(=O)CC(O)c1cccc(F)c1. The summed E-state index contributed by atoms with van der Waals surface area (Å²) in [7, 11) is 0. The monoisotopic (exact) mass is 331 g/mol. The predicted octanol–water partition coefficient (Wildman–Crippen LogP) is 3.53. The number of rotatable bonds is 3. The minimum absolute atomic E-state index is 0.107. The fraction of sp³-hybridized carbons (Fsp3) is 0.316. The Hall–Kier alpha value is -2.27. The molecule has 0 bridgehead atoms. The van der Waals surface area contributed by atoms with Crippen LogP contribution in [0.4, 0.5) is 8.78 Å². The Labute approximate surface area is 139 Å². The van der Waals surface area contributed by atoms with Crippen LogP contribution in [0.5, 0.6) is 0 Å². The number of halogens is 2. The second-order valence-corrected chi connectivity index (χ2v) is 6.13. The molecular weight excluding hydrogens is 312 g/mol. The summed E-state index contributed by atoms with van der Waals surface area (Å²) in [6.07, 6.45) is -0.571. The first-order valence-electron chi connectivity index (χ1n) is 7.97. The van der Waals surface area contributed by atoms with Gasteiger partial charge in [0.1, 0.15) is 11.6 Å². The Balaban J connectivity index is 1.73. The van der Waals surface area contributed by atoms with Crippen molar-refractivity contribution in [2.45, 2.75) is 31.9 Å². The van der Waals surface area contributed by atoms with Crippen LogP contribution in [0.1, 0.15) is 42.2 Å². The lowest BCUT2D eigenvalue weighted by Crippen LogP contribution is -2.39. The Morgan fingerprint density at radius 2 is 2.00 bits per heavy atom. The van der Waals surface area contributed by atoms with Crippen molar-refractivity contribution in [3.05, 3.63) is 70.8 Å². The maximum Gasteiger partial charge on any atom is 0.226 e.